The van der Waals surface area contributed by atoms with Gasteiger partial charge >= 0.3 is 0 Å². The van der Waals surface area contributed by atoms with Gasteiger partial charge in [0.05, 0.1) is 18.1 Å². The third-order valence-electron chi connectivity index (χ3n) is 8.58. The molecule has 11 heteroatoms. The number of carbonyl (C=O) groups is 3. The summed E-state index contributed by atoms with van der Waals surface area (Å²) < 4.78 is 0.855. The van der Waals surface area contributed by atoms with Gasteiger partial charge in [0, 0.05) is 37.4 Å². The van der Waals surface area contributed by atoms with Crippen molar-refractivity contribution in [3.8, 4) is 0 Å². The number of rotatable bonds is 16. The molecule has 0 aliphatic heterocycles. The first kappa shape index (κ1) is 35.5. The van der Waals surface area contributed by atoms with Gasteiger partial charge in [-0.1, -0.05) is 82.3 Å². The van der Waals surface area contributed by atoms with Crippen molar-refractivity contribution in [2.75, 3.05) is 6.54 Å². The fourth-order valence-corrected chi connectivity index (χ4v) is 6.20. The molecule has 1 saturated carbocycles. The van der Waals surface area contributed by atoms with Gasteiger partial charge in [-0.3, -0.25) is 24.3 Å². The van der Waals surface area contributed by atoms with E-state index in [1.54, 1.807) is 12.4 Å². The molecule has 0 unspecified atom stereocenters. The molecule has 3 aromatic rings. The molecule has 4 N–H and O–H groups in total. The van der Waals surface area contributed by atoms with Crippen molar-refractivity contribution < 1.29 is 19.1 Å². The van der Waals surface area contributed by atoms with E-state index in [9.17, 15) is 19.6 Å². The predicted octanol–water partition coefficient (Wildman–Crippen LogP) is 3.97. The number of hydrogen-bond donors (Lipinski definition) is 3. The number of nitrogens with zero attached hydrogens (tertiary/aromatic N) is 4. The standard InChI is InChI=1S/C36H49N7O4/c1-26(2)19-34(44)43(36(46)32(37)21-28-13-7-4-8-14-28)33(22-30-23-38-25-40-30)35(45)41-31(20-27-11-5-3-6-12-27)24-42(47)18-16-29-15-9-10-17-39-29/h4,7-10,13-15,17,23-27,31-33H,3,5-6,11-12,16,18-22,37H2,1-2H3,(H,38,40)(H,41,45)/t31-,32-,33-/m0/s1. The number of carbonyl (C=O) groups excluding carboxylic acids is 3. The minimum atomic E-state index is -1.21. The summed E-state index contributed by atoms with van der Waals surface area (Å²) in [6.45, 7) is 3.95. The number of imide groups is 1. The lowest BCUT2D eigenvalue weighted by molar-refractivity contribution is -0.453. The summed E-state index contributed by atoms with van der Waals surface area (Å²) in [4.78, 5) is 54.7. The van der Waals surface area contributed by atoms with Gasteiger partial charge in [0.15, 0.2) is 12.8 Å². The van der Waals surface area contributed by atoms with Crippen LogP contribution in [0.4, 0.5) is 0 Å². The van der Waals surface area contributed by atoms with E-state index in [0.717, 1.165) is 46.6 Å². The van der Waals surface area contributed by atoms with Crippen LogP contribution < -0.4 is 11.1 Å². The number of aromatic amines is 1. The molecular formula is C36H49N7O4. The Kier molecular flexibility index (Phi) is 13.7. The SMILES string of the molecule is CC(C)CC(=O)N(C(=O)[C@@H](N)Cc1ccccc1)[C@@H](Cc1c[nH]cn1)C(=O)N[C@H](C=[N+]([O-])CCc1ccccn1)CC1CCCCC1. The minimum absolute atomic E-state index is 0.000119. The smallest absolute Gasteiger partial charge is 0.247 e. The molecule has 1 aliphatic carbocycles. The number of amides is 3. The average Bonchev–Trinajstić information content (AvgIpc) is 3.58. The lowest BCUT2D eigenvalue weighted by atomic mass is 9.85. The highest BCUT2D eigenvalue weighted by molar-refractivity contribution is 6.02. The van der Waals surface area contributed by atoms with Gasteiger partial charge in [-0.25, -0.2) is 9.72 Å². The van der Waals surface area contributed by atoms with Crippen LogP contribution in [0.1, 0.15) is 75.7 Å². The van der Waals surface area contributed by atoms with Crippen LogP contribution in [0.25, 0.3) is 0 Å². The molecule has 1 aromatic carbocycles. The molecule has 0 bridgehead atoms. The third kappa shape index (κ3) is 11.4. The van der Waals surface area contributed by atoms with Gasteiger partial charge in [0.2, 0.25) is 17.7 Å². The van der Waals surface area contributed by atoms with E-state index < -0.39 is 35.8 Å². The highest BCUT2D eigenvalue weighted by atomic mass is 16.5. The summed E-state index contributed by atoms with van der Waals surface area (Å²) in [6, 6.07) is 12.1. The van der Waals surface area contributed by atoms with Crippen molar-refractivity contribution in [1.29, 1.82) is 0 Å². The highest BCUT2D eigenvalue weighted by Gasteiger charge is 2.38. The topological polar surface area (TPSA) is 160 Å². The fourth-order valence-electron chi connectivity index (χ4n) is 6.20. The fraction of sp³-hybridized carbons (Fsp3) is 0.500. The number of hydrogen-bond acceptors (Lipinski definition) is 7. The Morgan fingerprint density at radius 2 is 1.79 bits per heavy atom. The second-order valence-corrected chi connectivity index (χ2v) is 13.0. The number of aromatic nitrogens is 3. The summed E-state index contributed by atoms with van der Waals surface area (Å²) >= 11 is 0. The molecule has 0 spiro atoms. The van der Waals surface area contributed by atoms with Gasteiger partial charge < -0.3 is 21.2 Å². The van der Waals surface area contributed by atoms with E-state index >= 15 is 0 Å². The zero-order chi connectivity index (χ0) is 33.6. The van der Waals surface area contributed by atoms with Crippen molar-refractivity contribution in [2.24, 2.45) is 17.6 Å². The molecule has 1 fully saturated rings. The number of benzene rings is 1. The lowest BCUT2D eigenvalue weighted by Gasteiger charge is -2.33. The van der Waals surface area contributed by atoms with Crippen LogP contribution in [0.2, 0.25) is 0 Å². The second-order valence-electron chi connectivity index (χ2n) is 13.0. The van der Waals surface area contributed by atoms with Crippen LogP contribution >= 0.6 is 0 Å². The predicted molar refractivity (Wildman–Crippen MR) is 181 cm³/mol. The van der Waals surface area contributed by atoms with Crippen LogP contribution in [0.5, 0.6) is 0 Å². The lowest BCUT2D eigenvalue weighted by Crippen LogP contribution is -2.59. The molecule has 0 saturated heterocycles. The molecule has 252 valence electrons. The molecule has 2 heterocycles. The molecular weight excluding hydrogens is 594 g/mol. The first-order valence-corrected chi connectivity index (χ1v) is 16.8. The average molecular weight is 644 g/mol. The summed E-state index contributed by atoms with van der Waals surface area (Å²) in [6.07, 6.45) is 13.1. The molecule has 3 amide bonds. The first-order chi connectivity index (χ1) is 22.7. The van der Waals surface area contributed by atoms with Crippen LogP contribution in [0.15, 0.2) is 67.3 Å². The molecule has 47 heavy (non-hydrogen) atoms. The monoisotopic (exact) mass is 643 g/mol. The Labute approximate surface area is 277 Å². The molecule has 3 atom stereocenters. The van der Waals surface area contributed by atoms with Gasteiger partial charge in [-0.05, 0) is 42.4 Å². The second kappa shape index (κ2) is 18.1. The molecule has 11 nitrogen and oxygen atoms in total. The van der Waals surface area contributed by atoms with Crippen molar-refractivity contribution in [1.82, 2.24) is 25.2 Å². The van der Waals surface area contributed by atoms with E-state index in [4.69, 9.17) is 5.73 Å². The normalized spacial score (nSPS) is 16.0. The van der Waals surface area contributed by atoms with Crippen LogP contribution in [0.3, 0.4) is 0 Å². The Balaban J connectivity index is 1.62. The number of hydroxylamine groups is 1. The van der Waals surface area contributed by atoms with Crippen molar-refractivity contribution in [3.05, 3.63) is 89.4 Å². The number of nitrogens with two attached hydrogens (primary N) is 1. The maximum atomic E-state index is 14.3. The maximum absolute atomic E-state index is 14.3. The Hall–Kier alpha value is -4.38. The number of pyridine rings is 1. The largest absolute Gasteiger partial charge is 0.624 e. The van der Waals surface area contributed by atoms with Gasteiger partial charge in [0.1, 0.15) is 12.1 Å². The van der Waals surface area contributed by atoms with E-state index in [0.29, 0.717) is 24.5 Å². The molecule has 0 radical (unpaired) electrons. The summed E-state index contributed by atoms with van der Waals surface area (Å²) in [5, 5.41) is 16.2. The number of imidazole rings is 1. The zero-order valence-electron chi connectivity index (χ0n) is 27.6. The number of H-pyrrole nitrogens is 1. The Morgan fingerprint density at radius 1 is 1.04 bits per heavy atom. The van der Waals surface area contributed by atoms with E-state index in [1.807, 2.05) is 62.4 Å². The quantitative estimate of drug-likeness (QED) is 0.0922. The molecule has 4 rings (SSSR count). The molecule has 1 aliphatic rings. The van der Waals surface area contributed by atoms with E-state index in [-0.39, 0.29) is 31.7 Å². The van der Waals surface area contributed by atoms with Crippen molar-refractivity contribution in [3.63, 3.8) is 0 Å². The number of nitrogens with one attached hydrogen (secondary N) is 2. The van der Waals surface area contributed by atoms with Crippen molar-refractivity contribution >= 4 is 23.9 Å². The third-order valence-corrected chi connectivity index (χ3v) is 8.58. The van der Waals surface area contributed by atoms with E-state index in [1.165, 1.54) is 19.0 Å². The highest BCUT2D eigenvalue weighted by Crippen LogP contribution is 2.27. The van der Waals surface area contributed by atoms with Gasteiger partial charge in [-0.15, -0.1) is 0 Å². The summed E-state index contributed by atoms with van der Waals surface area (Å²) in [5.41, 5.74) is 8.62. The van der Waals surface area contributed by atoms with Gasteiger partial charge in [0.25, 0.3) is 0 Å². The van der Waals surface area contributed by atoms with Crippen LogP contribution in [0, 0.1) is 17.0 Å². The maximum Gasteiger partial charge on any atom is 0.247 e. The van der Waals surface area contributed by atoms with Crippen LogP contribution in [-0.2, 0) is 33.6 Å². The zero-order valence-corrected chi connectivity index (χ0v) is 27.6. The Morgan fingerprint density at radius 3 is 2.45 bits per heavy atom. The van der Waals surface area contributed by atoms with Crippen LogP contribution in [-0.4, -0.2) is 73.2 Å². The molecule has 2 aromatic heterocycles. The van der Waals surface area contributed by atoms with Crippen molar-refractivity contribution in [2.45, 2.75) is 96.2 Å². The first-order valence-electron chi connectivity index (χ1n) is 16.8. The minimum Gasteiger partial charge on any atom is -0.624 e. The summed E-state index contributed by atoms with van der Waals surface area (Å²) in [5.74, 6) is -1.33. The summed E-state index contributed by atoms with van der Waals surface area (Å²) in [7, 11) is 0. The van der Waals surface area contributed by atoms with Gasteiger partial charge in [-0.2, -0.15) is 0 Å². The van der Waals surface area contributed by atoms with E-state index in [2.05, 4.69) is 20.3 Å². The Bertz CT molecular complexity index is 1420.